The van der Waals surface area contributed by atoms with E-state index >= 15 is 0 Å². The number of hydrogen-bond acceptors (Lipinski definition) is 1. The molecule has 0 heterocycles. The van der Waals surface area contributed by atoms with Crippen molar-refractivity contribution in [2.24, 2.45) is 0 Å². The van der Waals surface area contributed by atoms with Crippen LogP contribution < -0.4 is 5.32 Å². The highest BCUT2D eigenvalue weighted by Crippen LogP contribution is 2.37. The van der Waals surface area contributed by atoms with Crippen LogP contribution in [0.15, 0.2) is 30.3 Å². The Labute approximate surface area is 107 Å². The third-order valence-corrected chi connectivity index (χ3v) is 3.94. The molecule has 1 aliphatic rings. The molecule has 1 atom stereocenters. The molecule has 1 aromatic rings. The molecule has 0 bridgehead atoms. The van der Waals surface area contributed by atoms with Gasteiger partial charge >= 0.3 is 0 Å². The Morgan fingerprint density at radius 2 is 2.06 bits per heavy atom. The number of carbonyl (C=O) groups is 1. The smallest absolute Gasteiger partial charge is 0.227 e. The Bertz CT molecular complexity index is 386. The monoisotopic (exact) mass is 251 g/mol. The van der Waals surface area contributed by atoms with E-state index in [9.17, 15) is 4.79 Å². The Morgan fingerprint density at radius 1 is 1.41 bits per heavy atom. The normalized spacial score (nSPS) is 18.5. The third-order valence-electron chi connectivity index (χ3n) is 3.42. The molecular formula is C14H18ClNO. The molecule has 0 radical (unpaired) electrons. The highest BCUT2D eigenvalue weighted by atomic mass is 35.5. The topological polar surface area (TPSA) is 29.1 Å². The van der Waals surface area contributed by atoms with E-state index < -0.39 is 0 Å². The number of rotatable bonds is 5. The minimum Gasteiger partial charge on any atom is -0.349 e. The van der Waals surface area contributed by atoms with Gasteiger partial charge in [0.15, 0.2) is 0 Å². The second-order valence-corrected chi connectivity index (χ2v) is 5.04. The lowest BCUT2D eigenvalue weighted by molar-refractivity contribution is -0.123. The summed E-state index contributed by atoms with van der Waals surface area (Å²) >= 11 is 5.88. The maximum Gasteiger partial charge on any atom is 0.227 e. The van der Waals surface area contributed by atoms with E-state index in [1.807, 2.05) is 37.3 Å². The summed E-state index contributed by atoms with van der Waals surface area (Å²) in [4.78, 5) is 12.2. The molecule has 3 heteroatoms. The lowest BCUT2D eigenvalue weighted by atomic mass is 9.95. The van der Waals surface area contributed by atoms with E-state index in [0.29, 0.717) is 5.88 Å². The number of alkyl halides is 1. The molecule has 2 nitrogen and oxygen atoms in total. The molecule has 1 aliphatic carbocycles. The summed E-state index contributed by atoms with van der Waals surface area (Å²) in [6.07, 6.45) is 2.83. The van der Waals surface area contributed by atoms with E-state index in [1.165, 1.54) is 0 Å². The van der Waals surface area contributed by atoms with Crippen LogP contribution in [0.2, 0.25) is 0 Å². The molecule has 1 fully saturated rings. The second-order valence-electron chi connectivity index (χ2n) is 4.77. The first-order valence-electron chi connectivity index (χ1n) is 6.14. The van der Waals surface area contributed by atoms with Crippen molar-refractivity contribution in [1.29, 1.82) is 0 Å². The zero-order valence-electron chi connectivity index (χ0n) is 10.1. The number of benzene rings is 1. The van der Waals surface area contributed by atoms with Crippen molar-refractivity contribution in [1.82, 2.24) is 5.32 Å². The first-order valence-corrected chi connectivity index (χ1v) is 6.67. The molecule has 1 unspecified atom stereocenters. The van der Waals surface area contributed by atoms with Gasteiger partial charge in [-0.1, -0.05) is 37.3 Å². The summed E-state index contributed by atoms with van der Waals surface area (Å²) in [5.41, 5.74) is 0.971. The third kappa shape index (κ3) is 2.81. The van der Waals surface area contributed by atoms with Gasteiger partial charge in [0, 0.05) is 5.88 Å². The van der Waals surface area contributed by atoms with Crippen molar-refractivity contribution >= 4 is 17.5 Å². The van der Waals surface area contributed by atoms with Crippen molar-refractivity contribution in [3.05, 3.63) is 35.9 Å². The summed E-state index contributed by atoms with van der Waals surface area (Å²) in [5, 5.41) is 3.10. The van der Waals surface area contributed by atoms with E-state index in [-0.39, 0.29) is 17.4 Å². The van der Waals surface area contributed by atoms with Crippen molar-refractivity contribution in [2.75, 3.05) is 5.88 Å². The molecule has 1 saturated carbocycles. The SMILES string of the molecule is CCC(C(=O)NC1(CCl)CC1)c1ccccc1. The predicted octanol–water partition coefficient (Wildman–Crippen LogP) is 3.07. The van der Waals surface area contributed by atoms with Gasteiger partial charge in [-0.05, 0) is 24.8 Å². The average Bonchev–Trinajstić information content (AvgIpc) is 3.12. The minimum atomic E-state index is -0.110. The van der Waals surface area contributed by atoms with Gasteiger partial charge in [-0.25, -0.2) is 0 Å². The van der Waals surface area contributed by atoms with Gasteiger partial charge in [0.2, 0.25) is 5.91 Å². The molecule has 1 aromatic carbocycles. The van der Waals surface area contributed by atoms with Crippen LogP contribution >= 0.6 is 11.6 Å². The molecule has 0 aliphatic heterocycles. The highest BCUT2D eigenvalue weighted by molar-refractivity contribution is 6.19. The van der Waals surface area contributed by atoms with Gasteiger partial charge in [0.1, 0.15) is 0 Å². The van der Waals surface area contributed by atoms with Crippen molar-refractivity contribution in [2.45, 2.75) is 37.6 Å². The Balaban J connectivity index is 2.06. The van der Waals surface area contributed by atoms with Crippen LogP contribution in [0.4, 0.5) is 0 Å². The Kier molecular flexibility index (Phi) is 3.72. The molecule has 92 valence electrons. The number of carbonyl (C=O) groups excluding carboxylic acids is 1. The number of halogens is 1. The summed E-state index contributed by atoms with van der Waals surface area (Å²) in [6.45, 7) is 2.04. The second kappa shape index (κ2) is 5.09. The largest absolute Gasteiger partial charge is 0.349 e. The quantitative estimate of drug-likeness (QED) is 0.801. The maximum atomic E-state index is 12.2. The van der Waals surface area contributed by atoms with Gasteiger partial charge in [-0.3, -0.25) is 4.79 Å². The van der Waals surface area contributed by atoms with Crippen LogP contribution in [0.1, 0.15) is 37.7 Å². The fraction of sp³-hybridized carbons (Fsp3) is 0.500. The summed E-state index contributed by atoms with van der Waals surface area (Å²) in [5.74, 6) is 0.568. The first kappa shape index (κ1) is 12.4. The number of amides is 1. The lowest BCUT2D eigenvalue weighted by Crippen LogP contribution is -2.41. The van der Waals surface area contributed by atoms with Gasteiger partial charge < -0.3 is 5.32 Å². The van der Waals surface area contributed by atoms with Crippen molar-refractivity contribution < 1.29 is 4.79 Å². The maximum absolute atomic E-state index is 12.2. The zero-order valence-corrected chi connectivity index (χ0v) is 10.8. The van der Waals surface area contributed by atoms with Gasteiger partial charge in [-0.2, -0.15) is 0 Å². The zero-order chi connectivity index (χ0) is 12.3. The summed E-state index contributed by atoms with van der Waals surface area (Å²) in [7, 11) is 0. The standard InChI is InChI=1S/C14H18ClNO/c1-2-12(11-6-4-3-5-7-11)13(17)16-14(10-15)8-9-14/h3-7,12H,2,8-10H2,1H3,(H,16,17). The fourth-order valence-electron chi connectivity index (χ4n) is 2.05. The Morgan fingerprint density at radius 3 is 2.53 bits per heavy atom. The predicted molar refractivity (Wildman–Crippen MR) is 70.3 cm³/mol. The molecule has 0 spiro atoms. The first-order chi connectivity index (χ1) is 8.21. The van der Waals surface area contributed by atoms with Gasteiger partial charge in [0.25, 0.3) is 0 Å². The van der Waals surface area contributed by atoms with E-state index in [1.54, 1.807) is 0 Å². The van der Waals surface area contributed by atoms with Gasteiger partial charge in [-0.15, -0.1) is 11.6 Å². The molecule has 1 amide bonds. The molecule has 0 saturated heterocycles. The van der Waals surface area contributed by atoms with Crippen LogP contribution in [0.3, 0.4) is 0 Å². The molecule has 2 rings (SSSR count). The van der Waals surface area contributed by atoms with E-state index in [4.69, 9.17) is 11.6 Å². The lowest BCUT2D eigenvalue weighted by Gasteiger charge is -2.20. The van der Waals surface area contributed by atoms with Crippen LogP contribution in [-0.4, -0.2) is 17.3 Å². The molecular weight excluding hydrogens is 234 g/mol. The van der Waals surface area contributed by atoms with Crippen LogP contribution in [0.5, 0.6) is 0 Å². The van der Waals surface area contributed by atoms with Crippen LogP contribution in [0.25, 0.3) is 0 Å². The Hall–Kier alpha value is -1.02. The van der Waals surface area contributed by atoms with E-state index in [0.717, 1.165) is 24.8 Å². The summed E-state index contributed by atoms with van der Waals surface area (Å²) < 4.78 is 0. The van der Waals surface area contributed by atoms with E-state index in [2.05, 4.69) is 5.32 Å². The minimum absolute atomic E-state index is 0.0584. The average molecular weight is 252 g/mol. The van der Waals surface area contributed by atoms with Crippen molar-refractivity contribution in [3.63, 3.8) is 0 Å². The van der Waals surface area contributed by atoms with Gasteiger partial charge in [0.05, 0.1) is 11.5 Å². The summed E-state index contributed by atoms with van der Waals surface area (Å²) in [6, 6.07) is 9.93. The number of nitrogens with one attached hydrogen (secondary N) is 1. The molecule has 17 heavy (non-hydrogen) atoms. The fourth-order valence-corrected chi connectivity index (χ4v) is 2.38. The highest BCUT2D eigenvalue weighted by Gasteiger charge is 2.44. The van der Waals surface area contributed by atoms with Crippen LogP contribution in [0, 0.1) is 0 Å². The van der Waals surface area contributed by atoms with Crippen molar-refractivity contribution in [3.8, 4) is 0 Å². The molecule has 1 N–H and O–H groups in total. The molecule has 0 aromatic heterocycles. The van der Waals surface area contributed by atoms with Crippen LogP contribution in [-0.2, 0) is 4.79 Å². The number of hydrogen-bond donors (Lipinski definition) is 1.